The number of nitriles is 3. The van der Waals surface area contributed by atoms with Gasteiger partial charge in [0, 0.05) is 0 Å². The molecule has 0 heterocycles. The molecule has 7 nitrogen and oxygen atoms in total. The Kier molecular flexibility index (Phi) is 9.20. The Morgan fingerprint density at radius 2 is 1.11 bits per heavy atom. The second-order valence-electron chi connectivity index (χ2n) is 11.9. The Hall–Kier alpha value is -3.11. The summed E-state index contributed by atoms with van der Waals surface area (Å²) in [6.07, 6.45) is 4.60. The zero-order chi connectivity index (χ0) is 27.4. The minimum Gasteiger partial charge on any atom is -0.458 e. The Bertz CT molecular complexity index is 1020. The van der Waals surface area contributed by atoms with Crippen LogP contribution in [0.15, 0.2) is 22.3 Å². The largest absolute Gasteiger partial charge is 0.458 e. The van der Waals surface area contributed by atoms with E-state index in [0.29, 0.717) is 36.5 Å². The van der Waals surface area contributed by atoms with Crippen molar-refractivity contribution in [2.45, 2.75) is 92.3 Å². The molecule has 2 saturated carbocycles. The predicted molar refractivity (Wildman–Crippen MR) is 137 cm³/mol. The molecule has 0 aromatic heterocycles. The molecular weight excluding hydrogens is 466 g/mol. The normalized spacial score (nSPS) is 30.6. The second-order valence-corrected chi connectivity index (χ2v) is 11.9. The molecule has 3 rings (SSSR count). The number of carbonyl (C=O) groups is 2. The van der Waals surface area contributed by atoms with Crippen molar-refractivity contribution < 1.29 is 19.1 Å². The van der Waals surface area contributed by atoms with Gasteiger partial charge in [-0.2, -0.15) is 15.8 Å². The second kappa shape index (κ2) is 12.0. The van der Waals surface area contributed by atoms with E-state index in [2.05, 4.69) is 41.5 Å². The van der Waals surface area contributed by atoms with Gasteiger partial charge in [0.25, 0.3) is 0 Å². The molecule has 0 saturated heterocycles. The fraction of sp³-hybridized carbons (Fsp3) is 0.700. The van der Waals surface area contributed by atoms with Gasteiger partial charge < -0.3 is 9.47 Å². The fourth-order valence-corrected chi connectivity index (χ4v) is 6.39. The van der Waals surface area contributed by atoms with E-state index in [-0.39, 0.29) is 46.3 Å². The maximum Gasteiger partial charge on any atom is 0.340 e. The first-order valence-electron chi connectivity index (χ1n) is 13.6. The summed E-state index contributed by atoms with van der Waals surface area (Å²) in [5, 5.41) is 29.6. The lowest BCUT2D eigenvalue weighted by molar-refractivity contribution is -0.154. The minimum atomic E-state index is -1.29. The predicted octanol–water partition coefficient (Wildman–Crippen LogP) is 5.79. The third kappa shape index (κ3) is 5.91. The van der Waals surface area contributed by atoms with Gasteiger partial charge in [-0.1, -0.05) is 54.4 Å². The third-order valence-corrected chi connectivity index (χ3v) is 8.58. The van der Waals surface area contributed by atoms with Crippen molar-refractivity contribution in [1.82, 2.24) is 0 Å². The molecule has 0 aromatic rings. The summed E-state index contributed by atoms with van der Waals surface area (Å²) in [5.41, 5.74) is -0.973. The number of carbonyl (C=O) groups excluding carboxylic acids is 2. The summed E-state index contributed by atoms with van der Waals surface area (Å²) in [6, 6.07) is 5.77. The number of esters is 2. The molecule has 0 spiro atoms. The van der Waals surface area contributed by atoms with Gasteiger partial charge >= 0.3 is 11.9 Å². The first kappa shape index (κ1) is 28.5. The molecule has 0 aromatic carbocycles. The minimum absolute atomic E-state index is 0.157. The van der Waals surface area contributed by atoms with Crippen LogP contribution in [0.3, 0.4) is 0 Å². The Balaban J connectivity index is 1.98. The summed E-state index contributed by atoms with van der Waals surface area (Å²) < 4.78 is 12.0. The number of rotatable bonds is 6. The molecule has 3 aliphatic carbocycles. The smallest absolute Gasteiger partial charge is 0.340 e. The highest BCUT2D eigenvalue weighted by Gasteiger charge is 2.45. The summed E-state index contributed by atoms with van der Waals surface area (Å²) >= 11 is 0. The average molecular weight is 506 g/mol. The SMILES string of the molecule is CC(C)[C@@H]1CC[C@@H](C)C[C@H]1OC(=O)C1=C(C#N)C(C#N)C(C#N)=C1C(=O)O[C@@H]1C[C@H](C)CC[C@H]1C(C)C. The Morgan fingerprint density at radius 1 is 0.730 bits per heavy atom. The lowest BCUT2D eigenvalue weighted by atomic mass is 9.75. The number of hydrogen-bond donors (Lipinski definition) is 0. The maximum atomic E-state index is 13.6. The van der Waals surface area contributed by atoms with Crippen molar-refractivity contribution in [2.75, 3.05) is 0 Å². The lowest BCUT2D eigenvalue weighted by Gasteiger charge is -2.37. The standard InChI is InChI=1S/C30H39N3O4/c1-16(2)20-9-7-18(5)11-25(20)36-29(34)27-23(14-32)22(13-31)24(15-33)28(27)30(35)37-26-12-19(6)8-10-21(26)17(3)4/h16-22,25-26H,7-12H2,1-6H3/t18-,19-,20+,21+,25-,26-/m1/s1. The lowest BCUT2D eigenvalue weighted by Crippen LogP contribution is -2.37. The van der Waals surface area contributed by atoms with Crippen molar-refractivity contribution in [3.05, 3.63) is 22.3 Å². The van der Waals surface area contributed by atoms with Crippen molar-refractivity contribution in [3.8, 4) is 18.2 Å². The van der Waals surface area contributed by atoms with E-state index in [1.165, 1.54) is 0 Å². The summed E-state index contributed by atoms with van der Waals surface area (Å²) in [4.78, 5) is 27.2. The van der Waals surface area contributed by atoms with Crippen molar-refractivity contribution in [3.63, 3.8) is 0 Å². The molecule has 3 aliphatic rings. The molecule has 37 heavy (non-hydrogen) atoms. The highest BCUT2D eigenvalue weighted by Crippen LogP contribution is 2.42. The number of allylic oxidation sites excluding steroid dienone is 2. The zero-order valence-corrected chi connectivity index (χ0v) is 22.9. The van der Waals surface area contributed by atoms with E-state index < -0.39 is 17.9 Å². The van der Waals surface area contributed by atoms with Crippen LogP contribution in [-0.4, -0.2) is 24.1 Å². The Labute approximate surface area is 221 Å². The summed E-state index contributed by atoms with van der Waals surface area (Å²) in [7, 11) is 0. The summed E-state index contributed by atoms with van der Waals surface area (Å²) in [6.45, 7) is 12.6. The van der Waals surface area contributed by atoms with Crippen LogP contribution in [0.25, 0.3) is 0 Å². The first-order valence-corrected chi connectivity index (χ1v) is 13.6. The quantitative estimate of drug-likeness (QED) is 0.418. The van der Waals surface area contributed by atoms with Gasteiger partial charge in [0.05, 0.1) is 40.5 Å². The van der Waals surface area contributed by atoms with Gasteiger partial charge in [-0.05, 0) is 61.2 Å². The van der Waals surface area contributed by atoms with E-state index in [4.69, 9.17) is 9.47 Å². The van der Waals surface area contributed by atoms with Crippen LogP contribution >= 0.6 is 0 Å². The molecule has 198 valence electrons. The van der Waals surface area contributed by atoms with E-state index in [1.54, 1.807) is 0 Å². The molecule has 0 bridgehead atoms. The zero-order valence-electron chi connectivity index (χ0n) is 22.9. The Morgan fingerprint density at radius 3 is 1.41 bits per heavy atom. The molecule has 0 unspecified atom stereocenters. The molecule has 0 radical (unpaired) electrons. The van der Waals surface area contributed by atoms with Crippen LogP contribution in [0.1, 0.15) is 80.1 Å². The topological polar surface area (TPSA) is 124 Å². The first-order chi connectivity index (χ1) is 17.5. The molecule has 0 aliphatic heterocycles. The monoisotopic (exact) mass is 505 g/mol. The molecule has 6 atom stereocenters. The highest BCUT2D eigenvalue weighted by atomic mass is 16.6. The van der Waals surface area contributed by atoms with Crippen molar-refractivity contribution in [2.24, 2.45) is 41.4 Å². The van der Waals surface area contributed by atoms with Gasteiger partial charge in [-0.25, -0.2) is 9.59 Å². The molecular formula is C30H39N3O4. The van der Waals surface area contributed by atoms with Gasteiger partial charge in [0.2, 0.25) is 0 Å². The van der Waals surface area contributed by atoms with Crippen LogP contribution in [0, 0.1) is 75.4 Å². The maximum absolute atomic E-state index is 13.6. The van der Waals surface area contributed by atoms with Crippen LogP contribution in [0.5, 0.6) is 0 Å². The number of nitrogens with zero attached hydrogens (tertiary/aromatic N) is 3. The van der Waals surface area contributed by atoms with Crippen LogP contribution < -0.4 is 0 Å². The highest BCUT2D eigenvalue weighted by molar-refractivity contribution is 6.11. The average Bonchev–Trinajstić information content (AvgIpc) is 3.17. The van der Waals surface area contributed by atoms with Crippen LogP contribution in [-0.2, 0) is 19.1 Å². The number of ether oxygens (including phenoxy) is 2. The molecule has 7 heteroatoms. The van der Waals surface area contributed by atoms with E-state index in [9.17, 15) is 25.4 Å². The summed E-state index contributed by atoms with van der Waals surface area (Å²) in [5.74, 6) is -1.28. The van der Waals surface area contributed by atoms with Gasteiger partial charge in [0.15, 0.2) is 0 Å². The number of hydrogen-bond acceptors (Lipinski definition) is 7. The molecule has 2 fully saturated rings. The van der Waals surface area contributed by atoms with Crippen LogP contribution in [0.4, 0.5) is 0 Å². The van der Waals surface area contributed by atoms with E-state index >= 15 is 0 Å². The molecule has 0 amide bonds. The van der Waals surface area contributed by atoms with Crippen molar-refractivity contribution in [1.29, 1.82) is 15.8 Å². The van der Waals surface area contributed by atoms with E-state index in [0.717, 1.165) is 25.7 Å². The van der Waals surface area contributed by atoms with Crippen molar-refractivity contribution >= 4 is 11.9 Å². The van der Waals surface area contributed by atoms with Gasteiger partial charge in [-0.3, -0.25) is 0 Å². The molecule has 0 N–H and O–H groups in total. The van der Waals surface area contributed by atoms with Crippen LogP contribution in [0.2, 0.25) is 0 Å². The third-order valence-electron chi connectivity index (χ3n) is 8.58. The van der Waals surface area contributed by atoms with Gasteiger partial charge in [0.1, 0.15) is 18.1 Å². The van der Waals surface area contributed by atoms with E-state index in [1.807, 2.05) is 18.2 Å². The fourth-order valence-electron chi connectivity index (χ4n) is 6.39. The van der Waals surface area contributed by atoms with Gasteiger partial charge in [-0.15, -0.1) is 0 Å².